The van der Waals surface area contributed by atoms with Crippen molar-refractivity contribution in [2.24, 2.45) is 0 Å². The molecule has 0 spiro atoms. The molecule has 12 rings (SSSR count). The first-order chi connectivity index (χ1) is 28.7. The first kappa shape index (κ1) is 32.4. The maximum atomic E-state index is 6.90. The molecule has 0 amide bonds. The first-order valence-electron chi connectivity index (χ1n) is 19.5. The van der Waals surface area contributed by atoms with E-state index in [-0.39, 0.29) is 0 Å². The molecule has 5 nitrogen and oxygen atoms in total. The van der Waals surface area contributed by atoms with Gasteiger partial charge in [0, 0.05) is 44.3 Å². The van der Waals surface area contributed by atoms with E-state index in [1.54, 1.807) is 0 Å². The summed E-state index contributed by atoms with van der Waals surface area (Å²) in [7, 11) is 0. The Morgan fingerprint density at radius 1 is 0.345 bits per heavy atom. The van der Waals surface area contributed by atoms with Crippen LogP contribution in [0.3, 0.4) is 0 Å². The summed E-state index contributed by atoms with van der Waals surface area (Å²) in [5.41, 5.74) is 9.76. The van der Waals surface area contributed by atoms with E-state index < -0.39 is 0 Å². The minimum Gasteiger partial charge on any atom is -0.456 e. The Morgan fingerprint density at radius 3 is 1.76 bits per heavy atom. The molecule has 3 aromatic heterocycles. The van der Waals surface area contributed by atoms with Gasteiger partial charge in [-0.05, 0) is 69.1 Å². The van der Waals surface area contributed by atoms with Crippen molar-refractivity contribution in [1.82, 2.24) is 19.5 Å². The lowest BCUT2D eigenvalue weighted by molar-refractivity contribution is 0.669. The number of benzene rings is 9. The van der Waals surface area contributed by atoms with Crippen LogP contribution < -0.4 is 0 Å². The van der Waals surface area contributed by atoms with E-state index in [2.05, 4.69) is 156 Å². The Kier molecular flexibility index (Phi) is 7.16. The number of fused-ring (bicyclic) bond motifs is 8. The van der Waals surface area contributed by atoms with E-state index in [4.69, 9.17) is 19.4 Å². The van der Waals surface area contributed by atoms with Crippen molar-refractivity contribution in [2.45, 2.75) is 0 Å². The second-order valence-electron chi connectivity index (χ2n) is 14.8. The van der Waals surface area contributed by atoms with E-state index in [1.807, 2.05) is 42.5 Å². The number of aromatic nitrogens is 4. The second-order valence-corrected chi connectivity index (χ2v) is 14.8. The van der Waals surface area contributed by atoms with Gasteiger partial charge in [-0.15, -0.1) is 0 Å². The van der Waals surface area contributed by atoms with Gasteiger partial charge in [-0.1, -0.05) is 152 Å². The molecular weight excluding hydrogens is 709 g/mol. The van der Waals surface area contributed by atoms with E-state index in [9.17, 15) is 0 Å². The zero-order valence-electron chi connectivity index (χ0n) is 31.2. The molecule has 0 radical (unpaired) electrons. The third kappa shape index (κ3) is 5.14. The molecule has 0 fully saturated rings. The van der Waals surface area contributed by atoms with Gasteiger partial charge < -0.3 is 8.98 Å². The molecule has 5 heteroatoms. The number of para-hydroxylation sites is 1. The third-order valence-corrected chi connectivity index (χ3v) is 11.4. The minimum atomic E-state index is 0.586. The highest BCUT2D eigenvalue weighted by Crippen LogP contribution is 2.44. The maximum absolute atomic E-state index is 6.90. The fraction of sp³-hybridized carbons (Fsp3) is 0. The predicted octanol–water partition coefficient (Wildman–Crippen LogP) is 13.8. The van der Waals surface area contributed by atoms with E-state index >= 15 is 0 Å². The number of furan rings is 1. The molecule has 0 N–H and O–H groups in total. The second kappa shape index (κ2) is 12.8. The summed E-state index contributed by atoms with van der Waals surface area (Å²) in [6.07, 6.45) is 0. The number of nitrogens with zero attached hydrogens (tertiary/aromatic N) is 4. The molecule has 3 heterocycles. The Balaban J connectivity index is 1.14. The summed E-state index contributed by atoms with van der Waals surface area (Å²) in [4.78, 5) is 15.5. The van der Waals surface area contributed by atoms with Gasteiger partial charge in [0.25, 0.3) is 0 Å². The lowest BCUT2D eigenvalue weighted by Gasteiger charge is -2.13. The van der Waals surface area contributed by atoms with Gasteiger partial charge in [-0.2, -0.15) is 0 Å². The molecule has 270 valence electrons. The van der Waals surface area contributed by atoms with Crippen LogP contribution in [0, 0.1) is 0 Å². The molecule has 0 saturated carbocycles. The van der Waals surface area contributed by atoms with Crippen molar-refractivity contribution in [3.8, 4) is 51.0 Å². The average Bonchev–Trinajstić information content (AvgIpc) is 3.83. The molecule has 0 aliphatic rings. The summed E-state index contributed by atoms with van der Waals surface area (Å²) in [5, 5.41) is 9.13. The van der Waals surface area contributed by atoms with Gasteiger partial charge >= 0.3 is 0 Å². The smallest absolute Gasteiger partial charge is 0.164 e. The van der Waals surface area contributed by atoms with Crippen LogP contribution in [0.5, 0.6) is 0 Å². The maximum Gasteiger partial charge on any atom is 0.164 e. The highest BCUT2D eigenvalue weighted by Gasteiger charge is 2.23. The number of hydrogen-bond donors (Lipinski definition) is 0. The van der Waals surface area contributed by atoms with Gasteiger partial charge in [0.05, 0.1) is 16.7 Å². The van der Waals surface area contributed by atoms with Crippen molar-refractivity contribution in [1.29, 1.82) is 0 Å². The van der Waals surface area contributed by atoms with Crippen molar-refractivity contribution in [2.75, 3.05) is 0 Å². The monoisotopic (exact) mass is 740 g/mol. The van der Waals surface area contributed by atoms with Crippen molar-refractivity contribution >= 4 is 65.3 Å². The molecule has 58 heavy (non-hydrogen) atoms. The third-order valence-electron chi connectivity index (χ3n) is 11.4. The molecule has 0 saturated heterocycles. The lowest BCUT2D eigenvalue weighted by Crippen LogP contribution is -2.00. The summed E-state index contributed by atoms with van der Waals surface area (Å²) in [6.45, 7) is 0. The molecular formula is C53H32N4O. The normalized spacial score (nSPS) is 11.8. The Morgan fingerprint density at radius 2 is 0.966 bits per heavy atom. The van der Waals surface area contributed by atoms with Gasteiger partial charge in [0.15, 0.2) is 17.5 Å². The van der Waals surface area contributed by atoms with Crippen LogP contribution in [0.1, 0.15) is 0 Å². The van der Waals surface area contributed by atoms with Gasteiger partial charge in [0.1, 0.15) is 11.2 Å². The van der Waals surface area contributed by atoms with Crippen molar-refractivity contribution in [3.63, 3.8) is 0 Å². The van der Waals surface area contributed by atoms with Crippen molar-refractivity contribution < 1.29 is 4.42 Å². The van der Waals surface area contributed by atoms with Gasteiger partial charge in [-0.3, -0.25) is 0 Å². The SMILES string of the molecule is c1ccc(-c2nc(-c3ccc4ccccc4c3)nc(-c3cccc4oc5cc(-n6c7ccccc7c7cc8ccccc8cc76)cc(-c6ccccc6)c5c34)n2)cc1. The topological polar surface area (TPSA) is 56.7 Å². The summed E-state index contributed by atoms with van der Waals surface area (Å²) in [5.74, 6) is 1.81. The van der Waals surface area contributed by atoms with E-state index in [0.29, 0.717) is 17.5 Å². The summed E-state index contributed by atoms with van der Waals surface area (Å²) in [6, 6.07) is 68.0. The Hall–Kier alpha value is -7.89. The van der Waals surface area contributed by atoms with Crippen molar-refractivity contribution in [3.05, 3.63) is 194 Å². The van der Waals surface area contributed by atoms with Gasteiger partial charge in [-0.25, -0.2) is 15.0 Å². The molecule has 0 aliphatic carbocycles. The summed E-state index contributed by atoms with van der Waals surface area (Å²) < 4.78 is 9.28. The highest BCUT2D eigenvalue weighted by atomic mass is 16.3. The van der Waals surface area contributed by atoms with Crippen LogP contribution in [0.2, 0.25) is 0 Å². The highest BCUT2D eigenvalue weighted by molar-refractivity contribution is 6.19. The zero-order chi connectivity index (χ0) is 38.2. The standard InChI is InChI=1S/C53H32N4O/c1-3-15-34(16-4-1)43-31-40(57-45-24-12-11-22-41(45)44-29-37-20-9-10-21-38(37)30-46(44)57)32-48-50(43)49-42(23-13-25-47(49)58-48)53-55-51(35-17-5-2-6-18-35)54-52(56-53)39-27-26-33-14-7-8-19-36(33)28-39/h1-32H. The molecule has 0 bridgehead atoms. The average molecular weight is 741 g/mol. The number of hydrogen-bond acceptors (Lipinski definition) is 4. The Bertz CT molecular complexity index is 3570. The van der Waals surface area contributed by atoms with Crippen LogP contribution in [0.15, 0.2) is 199 Å². The molecule has 12 aromatic rings. The predicted molar refractivity (Wildman–Crippen MR) is 238 cm³/mol. The molecule has 0 atom stereocenters. The quantitative estimate of drug-likeness (QED) is 0.176. The fourth-order valence-electron chi connectivity index (χ4n) is 8.70. The first-order valence-corrected chi connectivity index (χ1v) is 19.5. The van der Waals surface area contributed by atoms with E-state index in [0.717, 1.165) is 71.9 Å². The molecule has 0 unspecified atom stereocenters. The zero-order valence-corrected chi connectivity index (χ0v) is 31.2. The lowest BCUT2D eigenvalue weighted by atomic mass is 9.96. The Labute approximate surface area is 333 Å². The van der Waals surface area contributed by atoms with Crippen LogP contribution in [-0.4, -0.2) is 19.5 Å². The fourth-order valence-corrected chi connectivity index (χ4v) is 8.70. The van der Waals surface area contributed by atoms with Crippen LogP contribution in [0.4, 0.5) is 0 Å². The van der Waals surface area contributed by atoms with Gasteiger partial charge in [0.2, 0.25) is 0 Å². The molecule has 0 aliphatic heterocycles. The van der Waals surface area contributed by atoms with E-state index in [1.165, 1.54) is 26.9 Å². The largest absolute Gasteiger partial charge is 0.456 e. The minimum absolute atomic E-state index is 0.586. The number of rotatable bonds is 5. The summed E-state index contributed by atoms with van der Waals surface area (Å²) >= 11 is 0. The molecule has 9 aromatic carbocycles. The van der Waals surface area contributed by atoms with Crippen LogP contribution in [-0.2, 0) is 0 Å². The van der Waals surface area contributed by atoms with Crippen LogP contribution >= 0.6 is 0 Å². The van der Waals surface area contributed by atoms with Crippen LogP contribution in [0.25, 0.3) is 116 Å².